The number of nitrogens with two attached hydrogens (primary N) is 1. The fourth-order valence-corrected chi connectivity index (χ4v) is 1.84. The van der Waals surface area contributed by atoms with Crippen LogP contribution in [0.3, 0.4) is 0 Å². The van der Waals surface area contributed by atoms with Crippen molar-refractivity contribution in [1.82, 2.24) is 0 Å². The molecule has 0 aliphatic carbocycles. The SMILES string of the molecule is Nc1cccc2cccc(P)c12. The monoisotopic (exact) mass is 175 g/mol. The van der Waals surface area contributed by atoms with E-state index in [2.05, 4.69) is 21.4 Å². The van der Waals surface area contributed by atoms with E-state index in [0.29, 0.717) is 0 Å². The molecule has 2 heteroatoms. The second-order valence-electron chi connectivity index (χ2n) is 2.79. The van der Waals surface area contributed by atoms with Gasteiger partial charge in [0.15, 0.2) is 0 Å². The minimum atomic E-state index is 0.845. The average Bonchev–Trinajstić information content (AvgIpc) is 2.04. The number of rotatable bonds is 0. The summed E-state index contributed by atoms with van der Waals surface area (Å²) in [4.78, 5) is 0. The summed E-state index contributed by atoms with van der Waals surface area (Å²) < 4.78 is 0. The van der Waals surface area contributed by atoms with Gasteiger partial charge in [-0.25, -0.2) is 0 Å². The molecule has 0 saturated heterocycles. The van der Waals surface area contributed by atoms with Crippen LogP contribution in [0.25, 0.3) is 10.8 Å². The Labute approximate surface area is 73.8 Å². The molecule has 0 radical (unpaired) electrons. The van der Waals surface area contributed by atoms with Gasteiger partial charge in [0.05, 0.1) is 0 Å². The smallest absolute Gasteiger partial charge is 0.0400 e. The molecule has 12 heavy (non-hydrogen) atoms. The van der Waals surface area contributed by atoms with Crippen LogP contribution in [0.15, 0.2) is 36.4 Å². The zero-order valence-electron chi connectivity index (χ0n) is 6.62. The van der Waals surface area contributed by atoms with Gasteiger partial charge < -0.3 is 5.73 Å². The first-order valence-corrected chi connectivity index (χ1v) is 4.39. The van der Waals surface area contributed by atoms with Gasteiger partial charge in [-0.2, -0.15) is 0 Å². The van der Waals surface area contributed by atoms with Crippen molar-refractivity contribution in [3.05, 3.63) is 36.4 Å². The highest BCUT2D eigenvalue weighted by atomic mass is 31.0. The van der Waals surface area contributed by atoms with Crippen molar-refractivity contribution in [1.29, 1.82) is 0 Å². The topological polar surface area (TPSA) is 26.0 Å². The fraction of sp³-hybridized carbons (Fsp3) is 0. The lowest BCUT2D eigenvalue weighted by molar-refractivity contribution is 1.76. The molecule has 1 atom stereocenters. The summed E-state index contributed by atoms with van der Waals surface area (Å²) >= 11 is 0. The Morgan fingerprint density at radius 1 is 1.00 bits per heavy atom. The van der Waals surface area contributed by atoms with Crippen molar-refractivity contribution in [2.75, 3.05) is 5.73 Å². The first-order valence-electron chi connectivity index (χ1n) is 3.82. The molecule has 0 heterocycles. The predicted octanol–water partition coefficient (Wildman–Crippen LogP) is 1.92. The zero-order chi connectivity index (χ0) is 8.55. The van der Waals surface area contributed by atoms with Gasteiger partial charge >= 0.3 is 0 Å². The van der Waals surface area contributed by atoms with Gasteiger partial charge in [-0.15, -0.1) is 9.24 Å². The Morgan fingerprint density at radius 2 is 1.67 bits per heavy atom. The Morgan fingerprint density at radius 3 is 2.33 bits per heavy atom. The predicted molar refractivity (Wildman–Crippen MR) is 57.7 cm³/mol. The van der Waals surface area contributed by atoms with Gasteiger partial charge in [0.1, 0.15) is 0 Å². The molecule has 0 aromatic heterocycles. The van der Waals surface area contributed by atoms with Gasteiger partial charge in [0.25, 0.3) is 0 Å². The molecule has 0 amide bonds. The maximum Gasteiger partial charge on any atom is 0.0400 e. The third kappa shape index (κ3) is 1.07. The first-order chi connectivity index (χ1) is 5.79. The van der Waals surface area contributed by atoms with Crippen molar-refractivity contribution >= 4 is 31.0 Å². The highest BCUT2D eigenvalue weighted by Crippen LogP contribution is 2.19. The Hall–Kier alpha value is -1.07. The van der Waals surface area contributed by atoms with Crippen molar-refractivity contribution in [3.8, 4) is 0 Å². The standard InChI is InChI=1S/C10H10NP/c11-8-5-1-3-7-4-2-6-9(12)10(7)8/h1-6H,11-12H2. The molecule has 0 spiro atoms. The van der Waals surface area contributed by atoms with Crippen molar-refractivity contribution in [3.63, 3.8) is 0 Å². The molecule has 2 aromatic rings. The van der Waals surface area contributed by atoms with E-state index in [4.69, 9.17) is 5.73 Å². The minimum Gasteiger partial charge on any atom is -0.398 e. The van der Waals surface area contributed by atoms with Crippen molar-refractivity contribution in [2.45, 2.75) is 0 Å². The van der Waals surface area contributed by atoms with E-state index in [1.54, 1.807) is 0 Å². The molecule has 2 N–H and O–H groups in total. The van der Waals surface area contributed by atoms with Crippen LogP contribution in [0, 0.1) is 0 Å². The van der Waals surface area contributed by atoms with Crippen LogP contribution in [0.1, 0.15) is 0 Å². The number of anilines is 1. The third-order valence-corrected chi connectivity index (χ3v) is 2.45. The van der Waals surface area contributed by atoms with Gasteiger partial charge in [0.2, 0.25) is 0 Å². The molecule has 0 aliphatic heterocycles. The van der Waals surface area contributed by atoms with Gasteiger partial charge in [-0.1, -0.05) is 30.3 Å². The molecule has 0 saturated carbocycles. The maximum atomic E-state index is 5.84. The summed E-state index contributed by atoms with van der Waals surface area (Å²) in [5.41, 5.74) is 6.69. The molecule has 1 nitrogen and oxygen atoms in total. The summed E-state index contributed by atoms with van der Waals surface area (Å²) in [6.07, 6.45) is 0. The van der Waals surface area contributed by atoms with Crippen LogP contribution in [0.2, 0.25) is 0 Å². The largest absolute Gasteiger partial charge is 0.398 e. The Kier molecular flexibility index (Phi) is 1.74. The number of hydrogen-bond acceptors (Lipinski definition) is 1. The Bertz CT molecular complexity index is 386. The van der Waals surface area contributed by atoms with Crippen molar-refractivity contribution < 1.29 is 0 Å². The molecule has 60 valence electrons. The van der Waals surface area contributed by atoms with E-state index in [1.165, 1.54) is 5.39 Å². The summed E-state index contributed by atoms with van der Waals surface area (Å²) in [5, 5.41) is 3.50. The molecular formula is C10H10NP. The van der Waals surface area contributed by atoms with E-state index in [0.717, 1.165) is 16.4 Å². The average molecular weight is 175 g/mol. The van der Waals surface area contributed by atoms with Crippen LogP contribution < -0.4 is 11.0 Å². The highest BCUT2D eigenvalue weighted by molar-refractivity contribution is 7.28. The highest BCUT2D eigenvalue weighted by Gasteiger charge is 1.98. The van der Waals surface area contributed by atoms with E-state index >= 15 is 0 Å². The summed E-state index contributed by atoms with van der Waals surface area (Å²) in [7, 11) is 2.70. The lowest BCUT2D eigenvalue weighted by atomic mass is 10.1. The normalized spacial score (nSPS) is 10.4. The number of hydrogen-bond donors (Lipinski definition) is 1. The van der Waals surface area contributed by atoms with Gasteiger partial charge in [0, 0.05) is 11.1 Å². The minimum absolute atomic E-state index is 0.845. The second-order valence-corrected chi connectivity index (χ2v) is 3.41. The molecule has 2 rings (SSSR count). The van der Waals surface area contributed by atoms with Crippen LogP contribution in [0.4, 0.5) is 5.69 Å². The number of benzene rings is 2. The van der Waals surface area contributed by atoms with Crippen LogP contribution in [-0.4, -0.2) is 0 Å². The van der Waals surface area contributed by atoms with Crippen molar-refractivity contribution in [2.24, 2.45) is 0 Å². The first kappa shape index (κ1) is 7.57. The van der Waals surface area contributed by atoms with Gasteiger partial charge in [-0.05, 0) is 16.8 Å². The van der Waals surface area contributed by atoms with E-state index in [-0.39, 0.29) is 0 Å². The summed E-state index contributed by atoms with van der Waals surface area (Å²) in [6.45, 7) is 0. The number of fused-ring (bicyclic) bond motifs is 1. The summed E-state index contributed by atoms with van der Waals surface area (Å²) in [5.74, 6) is 0. The van der Waals surface area contributed by atoms with E-state index < -0.39 is 0 Å². The lowest BCUT2D eigenvalue weighted by Crippen LogP contribution is -1.96. The fourth-order valence-electron chi connectivity index (χ4n) is 1.40. The zero-order valence-corrected chi connectivity index (χ0v) is 7.77. The third-order valence-electron chi connectivity index (χ3n) is 1.97. The number of nitrogen functional groups attached to an aromatic ring is 1. The second kappa shape index (κ2) is 2.76. The molecule has 2 aromatic carbocycles. The summed E-state index contributed by atoms with van der Waals surface area (Å²) in [6, 6.07) is 12.1. The Balaban J connectivity index is 2.96. The molecule has 0 bridgehead atoms. The van der Waals surface area contributed by atoms with E-state index in [9.17, 15) is 0 Å². The van der Waals surface area contributed by atoms with Crippen LogP contribution >= 0.6 is 9.24 Å². The molecular weight excluding hydrogens is 165 g/mol. The quantitative estimate of drug-likeness (QED) is 0.480. The molecule has 1 unspecified atom stereocenters. The van der Waals surface area contributed by atoms with Crippen LogP contribution in [-0.2, 0) is 0 Å². The lowest BCUT2D eigenvalue weighted by Gasteiger charge is -2.03. The molecule has 0 aliphatic rings. The maximum absolute atomic E-state index is 5.84. The van der Waals surface area contributed by atoms with E-state index in [1.807, 2.05) is 24.3 Å². The van der Waals surface area contributed by atoms with Gasteiger partial charge in [-0.3, -0.25) is 0 Å². The van der Waals surface area contributed by atoms with Crippen LogP contribution in [0.5, 0.6) is 0 Å². The molecule has 0 fully saturated rings.